The second-order valence-corrected chi connectivity index (χ2v) is 5.31. The second kappa shape index (κ2) is 4.94. The minimum Gasteiger partial charge on any atom is -0.330 e. The van der Waals surface area contributed by atoms with E-state index in [1.807, 2.05) is 13.1 Å². The third-order valence-corrected chi connectivity index (χ3v) is 3.75. The fraction of sp³-hybridized carbons (Fsp3) is 0.571. The Morgan fingerprint density at radius 1 is 1.44 bits per heavy atom. The van der Waals surface area contributed by atoms with Crippen LogP contribution in [-0.2, 0) is 5.92 Å². The number of nitrogens with two attached hydrogens (primary N) is 1. The van der Waals surface area contributed by atoms with Gasteiger partial charge in [-0.1, -0.05) is 18.2 Å². The van der Waals surface area contributed by atoms with Crippen molar-refractivity contribution in [3.05, 3.63) is 35.4 Å². The van der Waals surface area contributed by atoms with Gasteiger partial charge in [-0.3, -0.25) is 4.90 Å². The minimum absolute atomic E-state index is 0.0876. The number of halogens is 2. The molecule has 4 heteroatoms. The second-order valence-electron chi connectivity index (χ2n) is 5.31. The minimum atomic E-state index is -2.78. The molecule has 2 rings (SSSR count). The maximum atomic E-state index is 13.3. The molecule has 2 atom stereocenters. The summed E-state index contributed by atoms with van der Waals surface area (Å²) in [5.41, 5.74) is 6.74. The number of alkyl halides is 2. The summed E-state index contributed by atoms with van der Waals surface area (Å²) in [6.45, 7) is 2.53. The first-order valence-electron chi connectivity index (χ1n) is 6.30. The van der Waals surface area contributed by atoms with Crippen LogP contribution in [0.15, 0.2) is 24.3 Å². The molecule has 1 aromatic rings. The van der Waals surface area contributed by atoms with Crippen molar-refractivity contribution in [2.75, 3.05) is 20.1 Å². The first-order valence-corrected chi connectivity index (χ1v) is 6.30. The largest absolute Gasteiger partial charge is 0.330 e. The molecule has 0 aliphatic carbocycles. The van der Waals surface area contributed by atoms with Gasteiger partial charge in [0.15, 0.2) is 0 Å². The van der Waals surface area contributed by atoms with Gasteiger partial charge in [0.2, 0.25) is 0 Å². The zero-order chi connectivity index (χ0) is 13.3. The maximum Gasteiger partial charge on any atom is 0.270 e. The van der Waals surface area contributed by atoms with Crippen LogP contribution in [0.25, 0.3) is 0 Å². The first-order chi connectivity index (χ1) is 8.41. The Balaban J connectivity index is 2.24. The van der Waals surface area contributed by atoms with Crippen LogP contribution in [0.1, 0.15) is 30.5 Å². The Bertz CT molecular complexity index is 415. The Kier molecular flexibility index (Phi) is 3.69. The summed E-state index contributed by atoms with van der Waals surface area (Å²) in [7, 11) is 2.02. The molecule has 1 heterocycles. The van der Waals surface area contributed by atoms with Crippen LogP contribution in [0, 0.1) is 5.92 Å². The predicted molar refractivity (Wildman–Crippen MR) is 68.5 cm³/mol. The van der Waals surface area contributed by atoms with Gasteiger partial charge in [-0.2, -0.15) is 0 Å². The summed E-state index contributed by atoms with van der Waals surface area (Å²) in [5.74, 6) is -2.31. The van der Waals surface area contributed by atoms with Gasteiger partial charge >= 0.3 is 0 Å². The molecule has 0 radical (unpaired) electrons. The van der Waals surface area contributed by atoms with Crippen LogP contribution >= 0.6 is 0 Å². The van der Waals surface area contributed by atoms with E-state index in [1.54, 1.807) is 12.1 Å². The summed E-state index contributed by atoms with van der Waals surface area (Å²) >= 11 is 0. The predicted octanol–water partition coefficient (Wildman–Crippen LogP) is 2.75. The summed E-state index contributed by atoms with van der Waals surface area (Å²) in [4.78, 5) is 2.20. The van der Waals surface area contributed by atoms with Crippen molar-refractivity contribution in [2.24, 2.45) is 11.7 Å². The monoisotopic (exact) mass is 254 g/mol. The zero-order valence-corrected chi connectivity index (χ0v) is 10.9. The van der Waals surface area contributed by atoms with Crippen LogP contribution < -0.4 is 5.73 Å². The lowest BCUT2D eigenvalue weighted by molar-refractivity contribution is 0.0173. The van der Waals surface area contributed by atoms with E-state index in [0.717, 1.165) is 25.5 Å². The highest BCUT2D eigenvalue weighted by molar-refractivity contribution is 5.29. The lowest BCUT2D eigenvalue weighted by Gasteiger charge is -2.21. The smallest absolute Gasteiger partial charge is 0.270 e. The van der Waals surface area contributed by atoms with Crippen molar-refractivity contribution in [1.29, 1.82) is 0 Å². The summed E-state index contributed by atoms with van der Waals surface area (Å²) in [5, 5.41) is 0. The number of hydrogen-bond donors (Lipinski definition) is 1. The van der Waals surface area contributed by atoms with Crippen LogP contribution in [0.5, 0.6) is 0 Å². The normalized spacial score (nSPS) is 25.6. The molecule has 2 unspecified atom stereocenters. The number of nitrogens with zero attached hydrogens (tertiary/aromatic N) is 1. The average Bonchev–Trinajstić information content (AvgIpc) is 2.70. The van der Waals surface area contributed by atoms with E-state index in [-0.39, 0.29) is 11.6 Å². The number of benzene rings is 1. The highest BCUT2D eigenvalue weighted by Crippen LogP contribution is 2.36. The average molecular weight is 254 g/mol. The third-order valence-electron chi connectivity index (χ3n) is 3.75. The molecule has 1 aliphatic heterocycles. The van der Waals surface area contributed by atoms with Gasteiger partial charge in [-0.05, 0) is 37.6 Å². The molecule has 0 amide bonds. The van der Waals surface area contributed by atoms with Crippen LogP contribution in [0.3, 0.4) is 0 Å². The van der Waals surface area contributed by atoms with Crippen molar-refractivity contribution in [1.82, 2.24) is 4.90 Å². The highest BCUT2D eigenvalue weighted by atomic mass is 19.3. The molecular formula is C14H20F2N2. The van der Waals surface area contributed by atoms with Crippen molar-refractivity contribution < 1.29 is 8.78 Å². The summed E-state index contributed by atoms with van der Waals surface area (Å²) in [6.07, 6.45) is 0.950. The molecule has 1 fully saturated rings. The van der Waals surface area contributed by atoms with E-state index in [1.165, 1.54) is 6.07 Å². The SMILES string of the molecule is CN1CC(CN)CC1c1cccc(C(C)(F)F)c1. The molecule has 18 heavy (non-hydrogen) atoms. The Morgan fingerprint density at radius 2 is 2.17 bits per heavy atom. The van der Waals surface area contributed by atoms with Gasteiger partial charge in [0.25, 0.3) is 5.92 Å². The van der Waals surface area contributed by atoms with E-state index in [0.29, 0.717) is 12.5 Å². The van der Waals surface area contributed by atoms with E-state index in [2.05, 4.69) is 4.90 Å². The summed E-state index contributed by atoms with van der Waals surface area (Å²) < 4.78 is 26.7. The van der Waals surface area contributed by atoms with Crippen molar-refractivity contribution in [2.45, 2.75) is 25.3 Å². The van der Waals surface area contributed by atoms with Crippen LogP contribution in [-0.4, -0.2) is 25.0 Å². The van der Waals surface area contributed by atoms with Gasteiger partial charge in [0, 0.05) is 25.1 Å². The fourth-order valence-electron chi connectivity index (χ4n) is 2.69. The number of rotatable bonds is 3. The zero-order valence-electron chi connectivity index (χ0n) is 10.9. The Morgan fingerprint density at radius 3 is 2.72 bits per heavy atom. The molecule has 2 N–H and O–H groups in total. The topological polar surface area (TPSA) is 29.3 Å². The lowest BCUT2D eigenvalue weighted by Crippen LogP contribution is -2.20. The molecule has 0 spiro atoms. The van der Waals surface area contributed by atoms with Gasteiger partial charge in [-0.15, -0.1) is 0 Å². The van der Waals surface area contributed by atoms with E-state index in [4.69, 9.17) is 5.73 Å². The van der Waals surface area contributed by atoms with Gasteiger partial charge in [-0.25, -0.2) is 8.78 Å². The van der Waals surface area contributed by atoms with Gasteiger partial charge in [0.1, 0.15) is 0 Å². The molecule has 0 saturated carbocycles. The lowest BCUT2D eigenvalue weighted by atomic mass is 9.97. The van der Waals surface area contributed by atoms with E-state index in [9.17, 15) is 8.78 Å². The van der Waals surface area contributed by atoms with Crippen molar-refractivity contribution >= 4 is 0 Å². The molecule has 1 aliphatic rings. The third kappa shape index (κ3) is 2.70. The van der Waals surface area contributed by atoms with Crippen molar-refractivity contribution in [3.63, 3.8) is 0 Å². The Labute approximate surface area is 107 Å². The number of likely N-dealkylation sites (tertiary alicyclic amines) is 1. The fourth-order valence-corrected chi connectivity index (χ4v) is 2.69. The molecule has 1 saturated heterocycles. The number of hydrogen-bond acceptors (Lipinski definition) is 2. The molecule has 0 aromatic heterocycles. The highest BCUT2D eigenvalue weighted by Gasteiger charge is 2.31. The van der Waals surface area contributed by atoms with Crippen molar-refractivity contribution in [3.8, 4) is 0 Å². The first kappa shape index (κ1) is 13.4. The van der Waals surface area contributed by atoms with Gasteiger partial charge in [0.05, 0.1) is 0 Å². The van der Waals surface area contributed by atoms with Crippen LogP contribution in [0.4, 0.5) is 8.78 Å². The molecule has 1 aromatic carbocycles. The van der Waals surface area contributed by atoms with E-state index >= 15 is 0 Å². The van der Waals surface area contributed by atoms with Gasteiger partial charge < -0.3 is 5.73 Å². The molecular weight excluding hydrogens is 234 g/mol. The molecule has 2 nitrogen and oxygen atoms in total. The molecule has 100 valence electrons. The van der Waals surface area contributed by atoms with Crippen LogP contribution in [0.2, 0.25) is 0 Å². The summed E-state index contributed by atoms with van der Waals surface area (Å²) in [6, 6.07) is 6.96. The maximum absolute atomic E-state index is 13.3. The van der Waals surface area contributed by atoms with E-state index < -0.39 is 5.92 Å². The quantitative estimate of drug-likeness (QED) is 0.898. The standard InChI is InChI=1S/C14H20F2N2/c1-14(15,16)12-5-3-4-11(7-12)13-6-10(8-17)9-18(13)2/h3-5,7,10,13H,6,8-9,17H2,1-2H3. The molecule has 0 bridgehead atoms. The Hall–Kier alpha value is -1.00.